The zero-order valence-corrected chi connectivity index (χ0v) is 14.2. The minimum atomic E-state index is -0.974. The van der Waals surface area contributed by atoms with E-state index in [1.165, 1.54) is 0 Å². The average Bonchev–Trinajstić information content (AvgIpc) is 2.47. The van der Waals surface area contributed by atoms with Crippen molar-refractivity contribution in [3.8, 4) is 0 Å². The third-order valence-electron chi connectivity index (χ3n) is 3.11. The van der Waals surface area contributed by atoms with E-state index in [1.807, 2.05) is 0 Å². The van der Waals surface area contributed by atoms with E-state index in [0.29, 0.717) is 0 Å². The monoisotopic (exact) mass is 360 g/mol. The molecule has 1 aromatic carbocycles. The fourth-order valence-corrected chi connectivity index (χ4v) is 2.09. The third-order valence-corrected chi connectivity index (χ3v) is 3.38. The average molecular weight is 361 g/mol. The van der Waals surface area contributed by atoms with E-state index in [4.69, 9.17) is 16.7 Å². The molecule has 0 saturated carbocycles. The number of halogens is 2. The number of nitrogens with one attached hydrogen (secondary N) is 2. The minimum Gasteiger partial charge on any atom is -0.481 e. The van der Waals surface area contributed by atoms with Crippen LogP contribution in [-0.2, 0) is 9.53 Å². The molecular weight excluding hydrogens is 343 g/mol. The Kier molecular flexibility index (Phi) is 6.53. The smallest absolute Gasteiger partial charge is 0.340 e. The lowest BCUT2D eigenvalue weighted by atomic mass is 9.99. The largest absolute Gasteiger partial charge is 0.481 e. The van der Waals surface area contributed by atoms with Gasteiger partial charge in [0.25, 0.3) is 0 Å². The number of benzene rings is 1. The Morgan fingerprint density at radius 2 is 1.96 bits per heavy atom. The van der Waals surface area contributed by atoms with Crippen molar-refractivity contribution in [3.05, 3.63) is 28.5 Å². The summed E-state index contributed by atoms with van der Waals surface area (Å²) in [6, 6.07) is 1.59. The fraction of sp³-hybridized carbons (Fsp3) is 0.400. The Hall–Kier alpha value is -2.35. The van der Waals surface area contributed by atoms with Crippen molar-refractivity contribution in [2.24, 2.45) is 0 Å². The molecule has 24 heavy (non-hydrogen) atoms. The summed E-state index contributed by atoms with van der Waals surface area (Å²) in [5.74, 6) is -2.85. The number of aliphatic carboxylic acids is 1. The number of rotatable bonds is 6. The number of urea groups is 1. The maximum Gasteiger partial charge on any atom is 0.340 e. The maximum absolute atomic E-state index is 13.8. The molecule has 3 N–H and O–H groups in total. The van der Waals surface area contributed by atoms with Gasteiger partial charge in [-0.2, -0.15) is 0 Å². The normalized spacial score (nSPS) is 10.9. The fourth-order valence-electron chi connectivity index (χ4n) is 1.87. The van der Waals surface area contributed by atoms with E-state index in [9.17, 15) is 18.8 Å². The quantitative estimate of drug-likeness (QED) is 0.676. The Bertz CT molecular complexity index is 664. The molecule has 9 heteroatoms. The van der Waals surface area contributed by atoms with E-state index in [1.54, 1.807) is 13.8 Å². The number of carbonyl (C=O) groups excluding carboxylic acids is 2. The third kappa shape index (κ3) is 5.69. The molecule has 0 spiro atoms. The number of carboxylic acids is 1. The molecule has 0 saturated heterocycles. The van der Waals surface area contributed by atoms with Crippen LogP contribution in [0.4, 0.5) is 14.9 Å². The predicted molar refractivity (Wildman–Crippen MR) is 85.9 cm³/mol. The van der Waals surface area contributed by atoms with Crippen molar-refractivity contribution in [3.63, 3.8) is 0 Å². The number of anilines is 1. The van der Waals surface area contributed by atoms with Crippen molar-refractivity contribution in [2.75, 3.05) is 12.4 Å². The highest BCUT2D eigenvalue weighted by Gasteiger charge is 2.22. The summed E-state index contributed by atoms with van der Waals surface area (Å²) < 4.78 is 18.2. The van der Waals surface area contributed by atoms with Crippen LogP contribution in [0.15, 0.2) is 12.1 Å². The van der Waals surface area contributed by atoms with Crippen molar-refractivity contribution in [1.29, 1.82) is 0 Å². The lowest BCUT2D eigenvalue weighted by molar-refractivity contribution is -0.137. The highest BCUT2D eigenvalue weighted by Crippen LogP contribution is 2.24. The summed E-state index contributed by atoms with van der Waals surface area (Å²) in [6.45, 7) is 3.32. The number of esters is 1. The van der Waals surface area contributed by atoms with E-state index in [-0.39, 0.29) is 23.6 Å². The summed E-state index contributed by atoms with van der Waals surface area (Å²) in [5.41, 5.74) is -1.10. The van der Waals surface area contributed by atoms with E-state index >= 15 is 0 Å². The van der Waals surface area contributed by atoms with E-state index < -0.39 is 34.9 Å². The lowest BCUT2D eigenvalue weighted by Crippen LogP contribution is -2.45. The van der Waals surface area contributed by atoms with Crippen LogP contribution in [0.1, 0.15) is 37.0 Å². The number of carbonyl (C=O) groups is 3. The number of methoxy groups -OCH3 is 1. The van der Waals surface area contributed by atoms with Crippen molar-refractivity contribution in [2.45, 2.75) is 32.2 Å². The van der Waals surface area contributed by atoms with Gasteiger partial charge in [0, 0.05) is 17.6 Å². The molecule has 2 amide bonds. The second kappa shape index (κ2) is 7.96. The van der Waals surface area contributed by atoms with Gasteiger partial charge < -0.3 is 20.5 Å². The minimum absolute atomic E-state index is 0.0911. The number of ether oxygens (including phenoxy) is 1. The first-order valence-electron chi connectivity index (χ1n) is 6.94. The molecule has 1 aromatic rings. The lowest BCUT2D eigenvalue weighted by Gasteiger charge is -2.25. The maximum atomic E-state index is 13.8. The van der Waals surface area contributed by atoms with Gasteiger partial charge in [0.2, 0.25) is 0 Å². The van der Waals surface area contributed by atoms with Crippen LogP contribution in [0.2, 0.25) is 5.02 Å². The van der Waals surface area contributed by atoms with Gasteiger partial charge in [0.05, 0.1) is 17.7 Å². The van der Waals surface area contributed by atoms with Gasteiger partial charge in [-0.3, -0.25) is 4.79 Å². The number of hydrogen-bond donors (Lipinski definition) is 3. The van der Waals surface area contributed by atoms with Crippen LogP contribution < -0.4 is 10.6 Å². The second-order valence-corrected chi connectivity index (χ2v) is 6.08. The molecule has 132 valence electrons. The molecule has 0 unspecified atom stereocenters. The van der Waals surface area contributed by atoms with Crippen molar-refractivity contribution < 1.29 is 28.6 Å². The van der Waals surface area contributed by atoms with Gasteiger partial charge in [0.15, 0.2) is 5.82 Å². The summed E-state index contributed by atoms with van der Waals surface area (Å²) in [6.07, 6.45) is 0.107. The molecule has 0 aliphatic heterocycles. The topological polar surface area (TPSA) is 105 Å². The highest BCUT2D eigenvalue weighted by molar-refractivity contribution is 6.31. The molecule has 1 rings (SSSR count). The van der Waals surface area contributed by atoms with Crippen molar-refractivity contribution >= 4 is 35.3 Å². The molecule has 0 bridgehead atoms. The van der Waals surface area contributed by atoms with Crippen LogP contribution in [0.5, 0.6) is 0 Å². The van der Waals surface area contributed by atoms with Gasteiger partial charge in [-0.05, 0) is 32.4 Å². The molecular formula is C15H18ClFN2O5. The van der Waals surface area contributed by atoms with E-state index in [0.717, 1.165) is 19.2 Å². The first kappa shape index (κ1) is 19.7. The molecule has 0 aliphatic rings. The summed E-state index contributed by atoms with van der Waals surface area (Å²) >= 11 is 5.70. The molecule has 7 nitrogen and oxygen atoms in total. The summed E-state index contributed by atoms with van der Waals surface area (Å²) in [7, 11) is 1.09. The van der Waals surface area contributed by atoms with Crippen LogP contribution >= 0.6 is 11.6 Å². The van der Waals surface area contributed by atoms with Crippen molar-refractivity contribution in [1.82, 2.24) is 5.32 Å². The highest BCUT2D eigenvalue weighted by atomic mass is 35.5. The Morgan fingerprint density at radius 1 is 1.33 bits per heavy atom. The van der Waals surface area contributed by atoms with Crippen LogP contribution in [0, 0.1) is 5.82 Å². The molecule has 0 radical (unpaired) electrons. The zero-order chi connectivity index (χ0) is 18.5. The number of carboxylic acid groups (broad SMARTS) is 1. The summed E-state index contributed by atoms with van der Waals surface area (Å²) in [5, 5.41) is 13.3. The van der Waals surface area contributed by atoms with E-state index in [2.05, 4.69) is 15.4 Å². The van der Waals surface area contributed by atoms with Crippen LogP contribution in [0.3, 0.4) is 0 Å². The molecule has 0 aromatic heterocycles. The van der Waals surface area contributed by atoms with Gasteiger partial charge >= 0.3 is 18.0 Å². The molecule has 0 atom stereocenters. The van der Waals surface area contributed by atoms with Gasteiger partial charge in [-0.1, -0.05) is 11.6 Å². The second-order valence-electron chi connectivity index (χ2n) is 5.67. The molecule has 0 aliphatic carbocycles. The molecule has 0 fully saturated rings. The standard InChI is InChI=1S/C15H18ClFN2O5/c1-15(2,5-4-11(20)21)19-14(23)18-8-6-9(13(22)24-3)12(17)10(16)7-8/h6-7H,4-5H2,1-3H3,(H,20,21)(H2,18,19,23). The first-order chi connectivity index (χ1) is 11.1. The van der Waals surface area contributed by atoms with Crippen LogP contribution in [-0.4, -0.2) is 35.7 Å². The Balaban J connectivity index is 2.85. The van der Waals surface area contributed by atoms with Gasteiger partial charge in [0.1, 0.15) is 0 Å². The SMILES string of the molecule is COC(=O)c1cc(NC(=O)NC(C)(C)CCC(=O)O)cc(Cl)c1F. The Labute approximate surface area is 143 Å². The van der Waals surface area contributed by atoms with Gasteiger partial charge in [-0.15, -0.1) is 0 Å². The number of hydrogen-bond acceptors (Lipinski definition) is 4. The summed E-state index contributed by atoms with van der Waals surface area (Å²) in [4.78, 5) is 34.1. The predicted octanol–water partition coefficient (Wildman–Crippen LogP) is 3.03. The van der Waals surface area contributed by atoms with Gasteiger partial charge in [-0.25, -0.2) is 14.0 Å². The first-order valence-corrected chi connectivity index (χ1v) is 7.32. The Morgan fingerprint density at radius 3 is 2.50 bits per heavy atom. The van der Waals surface area contributed by atoms with Crippen LogP contribution in [0.25, 0.3) is 0 Å². The molecule has 0 heterocycles. The number of amides is 2. The zero-order valence-electron chi connectivity index (χ0n) is 13.4.